The van der Waals surface area contributed by atoms with Crippen molar-refractivity contribution in [3.8, 4) is 5.75 Å². The molecule has 0 unspecified atom stereocenters. The molecule has 3 aliphatic heterocycles. The highest BCUT2D eigenvalue weighted by Crippen LogP contribution is 2.37. The van der Waals surface area contributed by atoms with E-state index in [0.29, 0.717) is 36.8 Å². The minimum absolute atomic E-state index is 0.0105. The molecule has 27 heavy (non-hydrogen) atoms. The molecule has 0 radical (unpaired) electrons. The summed E-state index contributed by atoms with van der Waals surface area (Å²) in [4.78, 5) is 34.7. The quantitative estimate of drug-likeness (QED) is 0.816. The summed E-state index contributed by atoms with van der Waals surface area (Å²) in [6.07, 6.45) is 2.69. The Kier molecular flexibility index (Phi) is 3.56. The van der Waals surface area contributed by atoms with Gasteiger partial charge in [0.05, 0.1) is 12.1 Å². The molecule has 7 heteroatoms. The van der Waals surface area contributed by atoms with Crippen LogP contribution in [0.5, 0.6) is 5.75 Å². The first-order valence-electron chi connectivity index (χ1n) is 9.20. The second-order valence-electron chi connectivity index (χ2n) is 7.19. The van der Waals surface area contributed by atoms with Gasteiger partial charge in [-0.15, -0.1) is 0 Å². The number of carbonyl (C=O) groups is 2. The van der Waals surface area contributed by atoms with E-state index >= 15 is 0 Å². The van der Waals surface area contributed by atoms with Crippen molar-refractivity contribution in [2.24, 2.45) is 0 Å². The van der Waals surface area contributed by atoms with Gasteiger partial charge < -0.3 is 19.4 Å². The van der Waals surface area contributed by atoms with Crippen LogP contribution in [0.1, 0.15) is 32.7 Å². The fraction of sp³-hybridized carbons (Fsp3) is 0.350. The van der Waals surface area contributed by atoms with Gasteiger partial charge >= 0.3 is 0 Å². The van der Waals surface area contributed by atoms with Gasteiger partial charge in [-0.25, -0.2) is 4.98 Å². The van der Waals surface area contributed by atoms with Gasteiger partial charge in [0.15, 0.2) is 11.6 Å². The fourth-order valence-electron chi connectivity index (χ4n) is 3.79. The summed E-state index contributed by atoms with van der Waals surface area (Å²) in [6, 6.07) is 7.67. The van der Waals surface area contributed by atoms with Crippen molar-refractivity contribution in [1.82, 2.24) is 14.8 Å². The van der Waals surface area contributed by atoms with E-state index in [0.717, 1.165) is 36.3 Å². The summed E-state index contributed by atoms with van der Waals surface area (Å²) in [5.41, 5.74) is 3.34. The van der Waals surface area contributed by atoms with Crippen LogP contribution in [-0.2, 0) is 6.54 Å². The molecular weight excluding hydrogens is 344 g/mol. The summed E-state index contributed by atoms with van der Waals surface area (Å²) < 4.78 is 5.79. The van der Waals surface area contributed by atoms with Crippen molar-refractivity contribution in [3.63, 3.8) is 0 Å². The predicted octanol–water partition coefficient (Wildman–Crippen LogP) is 2.04. The maximum atomic E-state index is 12.4. The molecule has 2 amide bonds. The zero-order chi connectivity index (χ0) is 18.5. The number of hydrogen-bond acceptors (Lipinski definition) is 5. The molecule has 0 aliphatic carbocycles. The number of hydrogen-bond donors (Lipinski definition) is 0. The molecule has 5 rings (SSSR count). The van der Waals surface area contributed by atoms with Crippen LogP contribution in [-0.4, -0.2) is 59.9 Å². The first-order chi connectivity index (χ1) is 13.1. The zero-order valence-corrected chi connectivity index (χ0v) is 15.1. The minimum atomic E-state index is 0.0105. The predicted molar refractivity (Wildman–Crippen MR) is 99.5 cm³/mol. The molecule has 0 bridgehead atoms. The third kappa shape index (κ3) is 2.53. The Morgan fingerprint density at radius 2 is 2.04 bits per heavy atom. The zero-order valence-electron chi connectivity index (χ0n) is 15.1. The third-order valence-electron chi connectivity index (χ3n) is 5.44. The molecule has 138 valence electrons. The maximum Gasteiger partial charge on any atom is 0.255 e. The summed E-state index contributed by atoms with van der Waals surface area (Å²) >= 11 is 0. The van der Waals surface area contributed by atoms with Crippen LogP contribution in [0.25, 0.3) is 0 Å². The molecule has 0 atom stereocenters. The molecule has 1 aromatic heterocycles. The summed E-state index contributed by atoms with van der Waals surface area (Å²) in [5, 5.41) is 0. The molecule has 4 heterocycles. The summed E-state index contributed by atoms with van der Waals surface area (Å²) in [6.45, 7) is 3.43. The molecule has 0 saturated carbocycles. The highest BCUT2D eigenvalue weighted by molar-refractivity contribution is 5.99. The minimum Gasteiger partial charge on any atom is -0.488 e. The SMILES string of the molecule is CN1Cc2cc(N3CCOc4cc(C(=O)N5CCC5)cnc43)ccc2C1=O. The van der Waals surface area contributed by atoms with E-state index in [9.17, 15) is 9.59 Å². The number of carbonyl (C=O) groups excluding carboxylic acids is 2. The number of rotatable bonds is 2. The van der Waals surface area contributed by atoms with Gasteiger partial charge in [-0.3, -0.25) is 9.59 Å². The van der Waals surface area contributed by atoms with Gasteiger partial charge in [-0.2, -0.15) is 0 Å². The standard InChI is InChI=1S/C20H20N4O3/c1-22-12-14-9-15(3-4-16(14)20(22)26)24-7-8-27-17-10-13(11-21-18(17)24)19(25)23-5-2-6-23/h3-4,9-11H,2,5-8,12H2,1H3. The van der Waals surface area contributed by atoms with Crippen LogP contribution < -0.4 is 9.64 Å². The first-order valence-corrected chi connectivity index (χ1v) is 9.20. The van der Waals surface area contributed by atoms with E-state index in [1.165, 1.54) is 0 Å². The smallest absolute Gasteiger partial charge is 0.255 e. The Bertz CT molecular complexity index is 954. The number of ether oxygens (including phenoxy) is 1. The Morgan fingerprint density at radius 3 is 2.81 bits per heavy atom. The van der Waals surface area contributed by atoms with E-state index in [2.05, 4.69) is 9.88 Å². The monoisotopic (exact) mass is 364 g/mol. The van der Waals surface area contributed by atoms with Gasteiger partial charge in [0.25, 0.3) is 11.8 Å². The highest BCUT2D eigenvalue weighted by Gasteiger charge is 2.28. The van der Waals surface area contributed by atoms with E-state index in [1.807, 2.05) is 30.1 Å². The Balaban J connectivity index is 1.47. The number of aromatic nitrogens is 1. The number of benzene rings is 1. The Labute approximate surface area is 157 Å². The number of fused-ring (bicyclic) bond motifs is 2. The van der Waals surface area contributed by atoms with Gasteiger partial charge in [0.1, 0.15) is 6.61 Å². The average Bonchev–Trinajstić information content (AvgIpc) is 2.92. The molecule has 1 fully saturated rings. The van der Waals surface area contributed by atoms with Crippen molar-refractivity contribution < 1.29 is 14.3 Å². The number of likely N-dealkylation sites (tertiary alicyclic amines) is 1. The summed E-state index contributed by atoms with van der Waals surface area (Å²) in [5.74, 6) is 1.41. The lowest BCUT2D eigenvalue weighted by Crippen LogP contribution is -2.42. The van der Waals surface area contributed by atoms with E-state index < -0.39 is 0 Å². The van der Waals surface area contributed by atoms with Crippen LogP contribution in [0.15, 0.2) is 30.5 Å². The lowest BCUT2D eigenvalue weighted by molar-refractivity contribution is 0.0650. The molecule has 0 N–H and O–H groups in total. The highest BCUT2D eigenvalue weighted by atomic mass is 16.5. The summed E-state index contributed by atoms with van der Waals surface area (Å²) in [7, 11) is 1.81. The second-order valence-corrected chi connectivity index (χ2v) is 7.19. The van der Waals surface area contributed by atoms with Crippen LogP contribution >= 0.6 is 0 Å². The van der Waals surface area contributed by atoms with E-state index in [4.69, 9.17) is 4.74 Å². The van der Waals surface area contributed by atoms with Crippen molar-refractivity contribution >= 4 is 23.3 Å². The van der Waals surface area contributed by atoms with Gasteiger partial charge in [-0.1, -0.05) is 0 Å². The molecule has 0 spiro atoms. The average molecular weight is 364 g/mol. The number of anilines is 2. The van der Waals surface area contributed by atoms with Crippen molar-refractivity contribution in [2.45, 2.75) is 13.0 Å². The largest absolute Gasteiger partial charge is 0.488 e. The third-order valence-corrected chi connectivity index (χ3v) is 5.44. The first kappa shape index (κ1) is 16.1. The Hall–Kier alpha value is -3.09. The van der Waals surface area contributed by atoms with Gasteiger partial charge in [0.2, 0.25) is 0 Å². The maximum absolute atomic E-state index is 12.4. The van der Waals surface area contributed by atoms with E-state index in [1.54, 1.807) is 17.2 Å². The van der Waals surface area contributed by atoms with Crippen LogP contribution in [0.2, 0.25) is 0 Å². The molecule has 7 nitrogen and oxygen atoms in total. The van der Waals surface area contributed by atoms with E-state index in [-0.39, 0.29) is 11.8 Å². The second kappa shape index (κ2) is 5.97. The van der Waals surface area contributed by atoms with Gasteiger partial charge in [-0.05, 0) is 36.2 Å². The van der Waals surface area contributed by atoms with Crippen molar-refractivity contribution in [1.29, 1.82) is 0 Å². The van der Waals surface area contributed by atoms with Crippen LogP contribution in [0.3, 0.4) is 0 Å². The molecule has 1 aromatic carbocycles. The number of pyridine rings is 1. The normalized spacial score (nSPS) is 18.0. The number of amides is 2. The molecule has 1 saturated heterocycles. The van der Waals surface area contributed by atoms with Crippen molar-refractivity contribution in [2.75, 3.05) is 38.2 Å². The molecular formula is C20H20N4O3. The van der Waals surface area contributed by atoms with Crippen LogP contribution in [0.4, 0.5) is 11.5 Å². The van der Waals surface area contributed by atoms with Crippen LogP contribution in [0, 0.1) is 0 Å². The van der Waals surface area contributed by atoms with Crippen molar-refractivity contribution in [3.05, 3.63) is 47.2 Å². The van der Waals surface area contributed by atoms with Gasteiger partial charge in [0, 0.05) is 44.1 Å². The topological polar surface area (TPSA) is 66.0 Å². The lowest BCUT2D eigenvalue weighted by atomic mass is 10.1. The molecule has 2 aromatic rings. The lowest BCUT2D eigenvalue weighted by Gasteiger charge is -2.32. The Morgan fingerprint density at radius 1 is 1.19 bits per heavy atom. The number of nitrogens with zero attached hydrogens (tertiary/aromatic N) is 4. The molecule has 3 aliphatic rings. The fourth-order valence-corrected chi connectivity index (χ4v) is 3.79.